The predicted octanol–water partition coefficient (Wildman–Crippen LogP) is 6.42. The number of thiophene rings is 1. The van der Waals surface area contributed by atoms with Crippen molar-refractivity contribution in [2.75, 3.05) is 0 Å². The van der Waals surface area contributed by atoms with Gasteiger partial charge in [0.1, 0.15) is 0 Å². The minimum Gasteiger partial charge on any atom is -0.444 e. The summed E-state index contributed by atoms with van der Waals surface area (Å²) in [4.78, 5) is 26.3. The number of rotatable bonds is 10. The van der Waals surface area contributed by atoms with Crippen LogP contribution in [0.5, 0.6) is 0 Å². The summed E-state index contributed by atoms with van der Waals surface area (Å²) in [7, 11) is 0. The minimum absolute atomic E-state index is 0.146. The van der Waals surface area contributed by atoms with Crippen molar-refractivity contribution in [3.63, 3.8) is 0 Å². The lowest BCUT2D eigenvalue weighted by atomic mass is 10.0. The topological polar surface area (TPSA) is 67.2 Å². The van der Waals surface area contributed by atoms with Crippen molar-refractivity contribution in [1.82, 2.24) is 0 Å². The van der Waals surface area contributed by atoms with Gasteiger partial charge >= 0.3 is 5.97 Å². The van der Waals surface area contributed by atoms with E-state index in [0.717, 1.165) is 30.4 Å². The quantitative estimate of drug-likeness (QED) is 0.178. The molecule has 1 atom stereocenters. The summed E-state index contributed by atoms with van der Waals surface area (Å²) in [5.74, 6) is -0.929. The van der Waals surface area contributed by atoms with E-state index in [0.29, 0.717) is 16.9 Å². The Labute approximate surface area is 181 Å². The number of hydrogen-bond acceptors (Lipinski definition) is 5. The van der Waals surface area contributed by atoms with E-state index in [2.05, 4.69) is 6.92 Å². The molecule has 0 saturated carbocycles. The summed E-state index contributed by atoms with van der Waals surface area (Å²) in [5, 5.41) is 10.4. The number of carbonyl (C=O) groups excluding carboxylic acids is 2. The highest BCUT2D eigenvalue weighted by Gasteiger charge is 2.30. The Morgan fingerprint density at radius 2 is 1.63 bits per heavy atom. The minimum atomic E-state index is -1.20. The third-order valence-electron chi connectivity index (χ3n) is 4.79. The lowest BCUT2D eigenvalue weighted by molar-refractivity contribution is 0.0392. The number of esters is 1. The van der Waals surface area contributed by atoms with Crippen molar-refractivity contribution in [2.45, 2.75) is 38.7 Å². The Bertz CT molecular complexity index is 996. The van der Waals surface area contributed by atoms with Gasteiger partial charge in [0.15, 0.2) is 0 Å². The number of ketones is 1. The number of unbranched alkanes of at least 4 members (excludes halogenated alkanes) is 2. The summed E-state index contributed by atoms with van der Waals surface area (Å²) in [6.07, 6.45) is 2.01. The Hall–Kier alpha value is -3.05. The molecule has 1 unspecified atom stereocenters. The largest absolute Gasteiger partial charge is 0.444 e. The number of benzene rings is 2. The number of hydrogen-bond donors (Lipinski definition) is 1. The molecule has 0 fully saturated rings. The summed E-state index contributed by atoms with van der Waals surface area (Å²) < 4.78 is 5.55. The van der Waals surface area contributed by atoms with Crippen molar-refractivity contribution in [1.29, 1.82) is 5.41 Å². The van der Waals surface area contributed by atoms with Crippen LogP contribution in [0.2, 0.25) is 0 Å². The van der Waals surface area contributed by atoms with Crippen LogP contribution in [0.4, 0.5) is 0 Å². The van der Waals surface area contributed by atoms with Crippen LogP contribution in [0.1, 0.15) is 52.6 Å². The third-order valence-corrected chi connectivity index (χ3v) is 5.73. The third kappa shape index (κ3) is 5.51. The molecule has 30 heavy (non-hydrogen) atoms. The maximum absolute atomic E-state index is 13.2. The van der Waals surface area contributed by atoms with E-state index >= 15 is 0 Å². The zero-order valence-corrected chi connectivity index (χ0v) is 17.8. The SMILES string of the molecule is CCCCCC(=N)C(OC(=O)c1ccccc1)C(=O)c1cc(-c2ccccc2)cs1. The number of carbonyl (C=O) groups is 2. The molecule has 0 aliphatic heterocycles. The maximum Gasteiger partial charge on any atom is 0.339 e. The van der Waals surface area contributed by atoms with E-state index in [1.54, 1.807) is 24.3 Å². The fourth-order valence-corrected chi connectivity index (χ4v) is 3.98. The van der Waals surface area contributed by atoms with Crippen LogP contribution < -0.4 is 0 Å². The average molecular weight is 420 g/mol. The Kier molecular flexibility index (Phi) is 7.69. The molecule has 3 rings (SSSR count). The van der Waals surface area contributed by atoms with Gasteiger partial charge in [-0.05, 0) is 47.5 Å². The smallest absolute Gasteiger partial charge is 0.339 e. The van der Waals surface area contributed by atoms with E-state index in [-0.39, 0.29) is 11.5 Å². The number of nitrogens with one attached hydrogen (secondary N) is 1. The molecule has 0 bridgehead atoms. The first-order valence-corrected chi connectivity index (χ1v) is 11.0. The highest BCUT2D eigenvalue weighted by molar-refractivity contribution is 7.12. The van der Waals surface area contributed by atoms with Crippen LogP contribution in [0.3, 0.4) is 0 Å². The zero-order chi connectivity index (χ0) is 21.3. The summed E-state index contributed by atoms with van der Waals surface area (Å²) in [6.45, 7) is 2.08. The normalized spacial score (nSPS) is 11.6. The van der Waals surface area contributed by atoms with Crippen LogP contribution in [-0.4, -0.2) is 23.6 Å². The van der Waals surface area contributed by atoms with E-state index in [9.17, 15) is 9.59 Å². The molecule has 0 amide bonds. The molecule has 0 spiro atoms. The number of Topliss-reactive ketones (excluding diaryl/α,β-unsaturated/α-hetero) is 1. The van der Waals surface area contributed by atoms with Gasteiger partial charge in [0.2, 0.25) is 11.9 Å². The van der Waals surface area contributed by atoms with Gasteiger partial charge in [-0.3, -0.25) is 4.79 Å². The van der Waals surface area contributed by atoms with Gasteiger partial charge in [0.05, 0.1) is 16.2 Å². The molecule has 1 heterocycles. The van der Waals surface area contributed by atoms with E-state index < -0.39 is 12.1 Å². The maximum atomic E-state index is 13.2. The summed E-state index contributed by atoms with van der Waals surface area (Å²) in [5.41, 5.74) is 2.47. The van der Waals surface area contributed by atoms with E-state index in [4.69, 9.17) is 10.1 Å². The predicted molar refractivity (Wildman–Crippen MR) is 122 cm³/mol. The van der Waals surface area contributed by atoms with Crippen molar-refractivity contribution in [2.24, 2.45) is 0 Å². The standard InChI is InChI=1S/C25H25NO3S/c1-2-3-6-15-21(26)24(29-25(28)19-13-9-5-10-14-19)23(27)22-16-20(17-30-22)18-11-7-4-8-12-18/h4-5,7-14,16-17,24,26H,2-3,6,15H2,1H3. The van der Waals surface area contributed by atoms with Crippen molar-refractivity contribution in [3.8, 4) is 11.1 Å². The lowest BCUT2D eigenvalue weighted by Crippen LogP contribution is -2.34. The monoisotopic (exact) mass is 419 g/mol. The average Bonchev–Trinajstić information content (AvgIpc) is 3.28. The highest BCUT2D eigenvalue weighted by Crippen LogP contribution is 2.27. The second-order valence-electron chi connectivity index (χ2n) is 7.06. The molecule has 3 aromatic rings. The van der Waals surface area contributed by atoms with Gasteiger partial charge in [-0.2, -0.15) is 0 Å². The molecular formula is C25H25NO3S. The van der Waals surface area contributed by atoms with Gasteiger partial charge in [-0.15, -0.1) is 11.3 Å². The summed E-state index contributed by atoms with van der Waals surface area (Å²) >= 11 is 1.31. The first-order chi connectivity index (χ1) is 14.6. The van der Waals surface area contributed by atoms with Crippen LogP contribution in [0, 0.1) is 5.41 Å². The van der Waals surface area contributed by atoms with Crippen LogP contribution >= 0.6 is 11.3 Å². The first kappa shape index (κ1) is 21.7. The Morgan fingerprint density at radius 3 is 2.30 bits per heavy atom. The van der Waals surface area contributed by atoms with Gasteiger partial charge in [-0.1, -0.05) is 68.3 Å². The second-order valence-corrected chi connectivity index (χ2v) is 7.97. The molecule has 154 valence electrons. The van der Waals surface area contributed by atoms with Crippen LogP contribution in [-0.2, 0) is 4.74 Å². The summed E-state index contributed by atoms with van der Waals surface area (Å²) in [6, 6.07) is 20.2. The van der Waals surface area contributed by atoms with Gasteiger partial charge in [0.25, 0.3) is 0 Å². The molecule has 4 nitrogen and oxygen atoms in total. The van der Waals surface area contributed by atoms with Crippen molar-refractivity contribution < 1.29 is 14.3 Å². The van der Waals surface area contributed by atoms with Gasteiger partial charge in [0, 0.05) is 0 Å². The lowest BCUT2D eigenvalue weighted by Gasteiger charge is -2.17. The molecule has 0 aliphatic rings. The molecule has 1 aromatic heterocycles. The van der Waals surface area contributed by atoms with Crippen molar-refractivity contribution in [3.05, 3.63) is 82.6 Å². The Morgan fingerprint density at radius 1 is 0.967 bits per heavy atom. The molecule has 0 saturated heterocycles. The zero-order valence-electron chi connectivity index (χ0n) is 17.0. The van der Waals surface area contributed by atoms with Gasteiger partial charge in [-0.25, -0.2) is 4.79 Å². The van der Waals surface area contributed by atoms with E-state index in [1.807, 2.05) is 47.8 Å². The molecule has 0 aliphatic carbocycles. The second kappa shape index (κ2) is 10.6. The Balaban J connectivity index is 1.81. The number of ether oxygens (including phenoxy) is 1. The van der Waals surface area contributed by atoms with Gasteiger partial charge < -0.3 is 10.1 Å². The van der Waals surface area contributed by atoms with E-state index in [1.165, 1.54) is 11.3 Å². The van der Waals surface area contributed by atoms with Crippen molar-refractivity contribution >= 4 is 28.8 Å². The fourth-order valence-electron chi connectivity index (χ4n) is 3.11. The van der Waals surface area contributed by atoms with Crippen LogP contribution in [0.25, 0.3) is 11.1 Å². The molecule has 5 heteroatoms. The fraction of sp³-hybridized carbons (Fsp3) is 0.240. The first-order valence-electron chi connectivity index (χ1n) is 10.1. The van der Waals surface area contributed by atoms with Crippen LogP contribution in [0.15, 0.2) is 72.1 Å². The molecular weight excluding hydrogens is 394 g/mol. The molecule has 0 radical (unpaired) electrons. The molecule has 1 N–H and O–H groups in total. The highest BCUT2D eigenvalue weighted by atomic mass is 32.1. The molecule has 2 aromatic carbocycles.